The predicted molar refractivity (Wildman–Crippen MR) is 115 cm³/mol. The third kappa shape index (κ3) is 3.86. The van der Waals surface area contributed by atoms with Crippen LogP contribution in [-0.2, 0) is 6.42 Å². The Morgan fingerprint density at radius 2 is 1.59 bits per heavy atom. The molecular formula is C25H23F2NO4. The molecule has 0 radical (unpaired) electrons. The number of methoxy groups -OCH3 is 3. The van der Waals surface area contributed by atoms with Crippen molar-refractivity contribution in [2.24, 2.45) is 0 Å². The number of halogens is 2. The third-order valence-electron chi connectivity index (χ3n) is 5.72. The van der Waals surface area contributed by atoms with Gasteiger partial charge in [-0.05, 0) is 65.6 Å². The first-order valence-electron chi connectivity index (χ1n) is 10.1. The highest BCUT2D eigenvalue weighted by Crippen LogP contribution is 2.42. The fourth-order valence-electron chi connectivity index (χ4n) is 4.13. The summed E-state index contributed by atoms with van der Waals surface area (Å²) < 4.78 is 44.4. The summed E-state index contributed by atoms with van der Waals surface area (Å²) in [4.78, 5) is 15.0. The van der Waals surface area contributed by atoms with Gasteiger partial charge in [-0.2, -0.15) is 0 Å². The van der Waals surface area contributed by atoms with Crippen molar-refractivity contribution in [1.82, 2.24) is 4.90 Å². The lowest BCUT2D eigenvalue weighted by molar-refractivity contribution is 0.0688. The van der Waals surface area contributed by atoms with Crippen LogP contribution in [0.2, 0.25) is 0 Å². The molecule has 0 spiro atoms. The van der Waals surface area contributed by atoms with E-state index in [4.69, 9.17) is 14.2 Å². The summed E-state index contributed by atoms with van der Waals surface area (Å²) in [7, 11) is 4.68. The lowest BCUT2D eigenvalue weighted by Crippen LogP contribution is -2.41. The normalized spacial score (nSPS) is 15.2. The van der Waals surface area contributed by atoms with Crippen molar-refractivity contribution in [2.45, 2.75) is 12.5 Å². The van der Waals surface area contributed by atoms with Crippen LogP contribution in [0.4, 0.5) is 8.78 Å². The number of fused-ring (bicyclic) bond motifs is 1. The van der Waals surface area contributed by atoms with Crippen molar-refractivity contribution in [3.63, 3.8) is 0 Å². The number of carbonyl (C=O) groups is 1. The maximum absolute atomic E-state index is 14.4. The van der Waals surface area contributed by atoms with Gasteiger partial charge in [-0.15, -0.1) is 0 Å². The Morgan fingerprint density at radius 1 is 0.906 bits per heavy atom. The molecule has 0 unspecified atom stereocenters. The Labute approximate surface area is 185 Å². The maximum Gasteiger partial charge on any atom is 0.257 e. The maximum atomic E-state index is 14.4. The summed E-state index contributed by atoms with van der Waals surface area (Å²) in [6.45, 7) is 0.327. The first-order chi connectivity index (χ1) is 15.5. The molecular weight excluding hydrogens is 416 g/mol. The van der Waals surface area contributed by atoms with Crippen LogP contribution in [0, 0.1) is 11.6 Å². The van der Waals surface area contributed by atoms with Gasteiger partial charge in [-0.1, -0.05) is 12.1 Å². The molecule has 0 aliphatic carbocycles. The van der Waals surface area contributed by atoms with Gasteiger partial charge >= 0.3 is 0 Å². The molecule has 0 bridgehead atoms. The molecule has 166 valence electrons. The van der Waals surface area contributed by atoms with Crippen molar-refractivity contribution in [2.75, 3.05) is 27.9 Å². The number of amides is 1. The minimum atomic E-state index is -0.761. The van der Waals surface area contributed by atoms with Gasteiger partial charge in [0.15, 0.2) is 11.5 Å². The van der Waals surface area contributed by atoms with Gasteiger partial charge in [0, 0.05) is 6.54 Å². The van der Waals surface area contributed by atoms with E-state index in [2.05, 4.69) is 0 Å². The molecule has 0 fully saturated rings. The van der Waals surface area contributed by atoms with Crippen molar-refractivity contribution in [3.05, 3.63) is 88.5 Å². The highest BCUT2D eigenvalue weighted by molar-refractivity contribution is 5.95. The molecule has 1 heterocycles. The van der Waals surface area contributed by atoms with E-state index in [-0.39, 0.29) is 5.56 Å². The molecule has 3 aromatic rings. The van der Waals surface area contributed by atoms with Crippen molar-refractivity contribution in [1.29, 1.82) is 0 Å². The summed E-state index contributed by atoms with van der Waals surface area (Å²) in [6.07, 6.45) is 0.533. The van der Waals surface area contributed by atoms with E-state index in [9.17, 15) is 13.6 Å². The molecule has 0 aromatic heterocycles. The summed E-state index contributed by atoms with van der Waals surface area (Å²) in [5, 5.41) is 0. The molecule has 0 N–H and O–H groups in total. The standard InChI is InChI=1S/C25H23F2NO4/c1-30-18-7-4-15(5-8-18)24-19-14-23(32-3)22(31-2)12-16(19)10-11-28(24)25(29)20-13-17(26)6-9-21(20)27/h4-9,12-14,24H,10-11H2,1-3H3/t24-/m0/s1. The second-order valence-corrected chi connectivity index (χ2v) is 7.45. The molecule has 1 aliphatic rings. The van der Waals surface area contributed by atoms with Crippen LogP contribution in [0.25, 0.3) is 0 Å². The lowest BCUT2D eigenvalue weighted by atomic mass is 9.87. The summed E-state index contributed by atoms with van der Waals surface area (Å²) in [6, 6.07) is 13.4. The van der Waals surface area contributed by atoms with Crippen molar-refractivity contribution in [3.8, 4) is 17.2 Å². The number of carbonyl (C=O) groups excluding carboxylic acids is 1. The Kier molecular flexibility index (Phi) is 5.99. The molecule has 4 rings (SSSR count). The van der Waals surface area contributed by atoms with E-state index in [1.54, 1.807) is 38.4 Å². The molecule has 5 nitrogen and oxygen atoms in total. The zero-order valence-corrected chi connectivity index (χ0v) is 18.0. The number of hydrogen-bond acceptors (Lipinski definition) is 4. The van der Waals surface area contributed by atoms with Crippen LogP contribution < -0.4 is 14.2 Å². The smallest absolute Gasteiger partial charge is 0.257 e. The summed E-state index contributed by atoms with van der Waals surface area (Å²) >= 11 is 0. The van der Waals surface area contributed by atoms with Crippen molar-refractivity contribution < 1.29 is 27.8 Å². The number of ether oxygens (including phenoxy) is 3. The minimum Gasteiger partial charge on any atom is -0.497 e. The van der Waals surface area contributed by atoms with Gasteiger partial charge in [-0.25, -0.2) is 8.78 Å². The Bertz CT molecular complexity index is 1150. The number of rotatable bonds is 5. The molecule has 3 aromatic carbocycles. The highest BCUT2D eigenvalue weighted by Gasteiger charge is 2.35. The van der Waals surface area contributed by atoms with Crippen LogP contribution in [-0.4, -0.2) is 38.7 Å². The van der Waals surface area contributed by atoms with E-state index in [1.165, 1.54) is 0 Å². The average Bonchev–Trinajstić information content (AvgIpc) is 2.83. The number of nitrogens with zero attached hydrogens (tertiary/aromatic N) is 1. The van der Waals surface area contributed by atoms with Gasteiger partial charge < -0.3 is 19.1 Å². The molecule has 0 saturated heterocycles. The second kappa shape index (κ2) is 8.86. The average molecular weight is 439 g/mol. The molecule has 7 heteroatoms. The van der Waals surface area contributed by atoms with E-state index < -0.39 is 23.6 Å². The summed E-state index contributed by atoms with van der Waals surface area (Å²) in [5.41, 5.74) is 2.34. The fraction of sp³-hybridized carbons (Fsp3) is 0.240. The lowest BCUT2D eigenvalue weighted by Gasteiger charge is -2.38. The van der Waals surface area contributed by atoms with Crippen LogP contribution in [0.15, 0.2) is 54.6 Å². The number of benzene rings is 3. The topological polar surface area (TPSA) is 48.0 Å². The first-order valence-corrected chi connectivity index (χ1v) is 10.1. The van der Waals surface area contributed by atoms with E-state index in [0.29, 0.717) is 30.2 Å². The van der Waals surface area contributed by atoms with E-state index in [0.717, 1.165) is 34.9 Å². The monoisotopic (exact) mass is 439 g/mol. The first kappa shape index (κ1) is 21.6. The van der Waals surface area contributed by atoms with Gasteiger partial charge in [0.25, 0.3) is 5.91 Å². The number of hydrogen-bond donors (Lipinski definition) is 0. The molecule has 0 saturated carbocycles. The quantitative estimate of drug-likeness (QED) is 0.574. The van der Waals surface area contributed by atoms with Crippen LogP contribution >= 0.6 is 0 Å². The predicted octanol–water partition coefficient (Wildman–Crippen LogP) is 4.78. The van der Waals surface area contributed by atoms with Gasteiger partial charge in [0.1, 0.15) is 17.4 Å². The Morgan fingerprint density at radius 3 is 2.25 bits per heavy atom. The van der Waals surface area contributed by atoms with Crippen molar-refractivity contribution >= 4 is 5.91 Å². The van der Waals surface area contributed by atoms with Crippen LogP contribution in [0.5, 0.6) is 17.2 Å². The zero-order valence-electron chi connectivity index (χ0n) is 18.0. The Balaban J connectivity index is 1.86. The second-order valence-electron chi connectivity index (χ2n) is 7.45. The zero-order chi connectivity index (χ0) is 22.8. The third-order valence-corrected chi connectivity index (χ3v) is 5.72. The molecule has 32 heavy (non-hydrogen) atoms. The van der Waals surface area contributed by atoms with Crippen LogP contribution in [0.1, 0.15) is 33.1 Å². The highest BCUT2D eigenvalue weighted by atomic mass is 19.1. The van der Waals surface area contributed by atoms with E-state index in [1.807, 2.05) is 24.3 Å². The fourth-order valence-corrected chi connectivity index (χ4v) is 4.13. The van der Waals surface area contributed by atoms with Gasteiger partial charge in [-0.3, -0.25) is 4.79 Å². The SMILES string of the molecule is COc1ccc([C@H]2c3cc(OC)c(OC)cc3CCN2C(=O)c2cc(F)ccc2F)cc1. The van der Waals surface area contributed by atoms with Gasteiger partial charge in [0.05, 0.1) is 32.9 Å². The minimum absolute atomic E-state index is 0.299. The molecule has 1 atom stereocenters. The molecule has 1 amide bonds. The largest absolute Gasteiger partial charge is 0.497 e. The van der Waals surface area contributed by atoms with Gasteiger partial charge in [0.2, 0.25) is 0 Å². The molecule has 1 aliphatic heterocycles. The van der Waals surface area contributed by atoms with Crippen LogP contribution in [0.3, 0.4) is 0 Å². The van der Waals surface area contributed by atoms with E-state index >= 15 is 0 Å². The Hall–Kier alpha value is -3.61. The summed E-state index contributed by atoms with van der Waals surface area (Å²) in [5.74, 6) is -0.219.